The van der Waals surface area contributed by atoms with Gasteiger partial charge < -0.3 is 13.9 Å². The van der Waals surface area contributed by atoms with Crippen LogP contribution in [0.4, 0.5) is 0 Å². The van der Waals surface area contributed by atoms with E-state index in [9.17, 15) is 9.59 Å². The van der Waals surface area contributed by atoms with Crippen LogP contribution in [0.5, 0.6) is 0 Å². The number of rotatable bonds is 3. The first-order valence-electron chi connectivity index (χ1n) is 11.6. The summed E-state index contributed by atoms with van der Waals surface area (Å²) in [5.74, 6) is 2.08. The van der Waals surface area contributed by atoms with Crippen LogP contribution in [-0.2, 0) is 14.3 Å². The summed E-state index contributed by atoms with van der Waals surface area (Å²) in [4.78, 5) is 22.3. The maximum atomic E-state index is 11.5. The number of hydrogen-bond acceptors (Lipinski definition) is 5. The van der Waals surface area contributed by atoms with Gasteiger partial charge in [0.1, 0.15) is 6.10 Å². The first kappa shape index (κ1) is 20.3. The zero-order chi connectivity index (χ0) is 21.1. The van der Waals surface area contributed by atoms with Crippen molar-refractivity contribution >= 4 is 6.47 Å². The molecule has 0 amide bonds. The third kappa shape index (κ3) is 2.70. The van der Waals surface area contributed by atoms with Gasteiger partial charge in [-0.25, -0.2) is 4.79 Å². The molecule has 8 unspecified atom stereocenters. The van der Waals surface area contributed by atoms with Gasteiger partial charge in [-0.3, -0.25) is 4.79 Å². The fourth-order valence-electron chi connectivity index (χ4n) is 8.14. The zero-order valence-electron chi connectivity index (χ0n) is 18.4. The smallest absolute Gasteiger partial charge is 0.335 e. The Morgan fingerprint density at radius 1 is 1.07 bits per heavy atom. The summed E-state index contributed by atoms with van der Waals surface area (Å²) < 4.78 is 17.3. The van der Waals surface area contributed by atoms with Crippen molar-refractivity contribution in [3.63, 3.8) is 0 Å². The molecule has 164 valence electrons. The lowest BCUT2D eigenvalue weighted by atomic mass is 9.42. The van der Waals surface area contributed by atoms with Gasteiger partial charge in [0.2, 0.25) is 0 Å². The van der Waals surface area contributed by atoms with Crippen LogP contribution in [0, 0.1) is 28.6 Å². The van der Waals surface area contributed by atoms with Crippen molar-refractivity contribution in [3.8, 4) is 0 Å². The van der Waals surface area contributed by atoms with E-state index in [4.69, 9.17) is 13.9 Å². The highest BCUT2D eigenvalue weighted by atomic mass is 16.5. The van der Waals surface area contributed by atoms with Crippen molar-refractivity contribution < 1.29 is 18.7 Å². The van der Waals surface area contributed by atoms with E-state index < -0.39 is 0 Å². The first-order valence-corrected chi connectivity index (χ1v) is 11.6. The molecule has 1 aromatic rings. The lowest BCUT2D eigenvalue weighted by molar-refractivity contribution is -0.195. The SMILES string of the molecule is CC12CCC(OC=O)CC1CCC1C2CCC2(C)C(c3ccc(=O)oc3)COC12C. The molecule has 0 bridgehead atoms. The summed E-state index contributed by atoms with van der Waals surface area (Å²) >= 11 is 0. The maximum Gasteiger partial charge on any atom is 0.335 e. The van der Waals surface area contributed by atoms with Crippen molar-refractivity contribution in [3.05, 3.63) is 34.4 Å². The van der Waals surface area contributed by atoms with E-state index in [1.807, 2.05) is 6.07 Å². The van der Waals surface area contributed by atoms with Gasteiger partial charge in [-0.15, -0.1) is 0 Å². The Hall–Kier alpha value is -1.62. The van der Waals surface area contributed by atoms with Crippen molar-refractivity contribution in [2.45, 2.75) is 83.3 Å². The zero-order valence-corrected chi connectivity index (χ0v) is 18.4. The van der Waals surface area contributed by atoms with E-state index in [0.717, 1.165) is 31.2 Å². The quantitative estimate of drug-likeness (QED) is 0.672. The molecule has 4 fully saturated rings. The first-order chi connectivity index (χ1) is 14.3. The minimum Gasteiger partial charge on any atom is -0.465 e. The normalized spacial score (nSPS) is 47.6. The van der Waals surface area contributed by atoms with Crippen LogP contribution < -0.4 is 5.63 Å². The van der Waals surface area contributed by atoms with E-state index in [-0.39, 0.29) is 28.7 Å². The largest absolute Gasteiger partial charge is 0.465 e. The van der Waals surface area contributed by atoms with Crippen molar-refractivity contribution in [1.29, 1.82) is 0 Å². The van der Waals surface area contributed by atoms with Crippen molar-refractivity contribution in [2.24, 2.45) is 28.6 Å². The van der Waals surface area contributed by atoms with E-state index in [0.29, 0.717) is 36.2 Å². The van der Waals surface area contributed by atoms with E-state index >= 15 is 0 Å². The average molecular weight is 415 g/mol. The maximum absolute atomic E-state index is 11.5. The van der Waals surface area contributed by atoms with Crippen molar-refractivity contribution in [2.75, 3.05) is 6.61 Å². The second-order valence-corrected chi connectivity index (χ2v) is 10.9. The fraction of sp³-hybridized carbons (Fsp3) is 0.760. The van der Waals surface area contributed by atoms with Crippen LogP contribution in [0.1, 0.15) is 77.2 Å². The molecule has 5 heteroatoms. The predicted molar refractivity (Wildman–Crippen MR) is 112 cm³/mol. The molecule has 3 aliphatic carbocycles. The Morgan fingerprint density at radius 2 is 1.90 bits per heavy atom. The Balaban J connectivity index is 1.43. The summed E-state index contributed by atoms with van der Waals surface area (Å²) in [6.45, 7) is 8.57. The van der Waals surface area contributed by atoms with E-state index in [1.165, 1.54) is 25.3 Å². The molecule has 1 saturated heterocycles. The molecule has 8 atom stereocenters. The summed E-state index contributed by atoms with van der Waals surface area (Å²) in [5, 5.41) is 0. The summed E-state index contributed by atoms with van der Waals surface area (Å²) in [6.07, 6.45) is 9.60. The number of carbonyl (C=O) groups excluding carboxylic acids is 1. The topological polar surface area (TPSA) is 65.7 Å². The molecule has 1 aliphatic heterocycles. The van der Waals surface area contributed by atoms with Crippen LogP contribution >= 0.6 is 0 Å². The molecule has 30 heavy (non-hydrogen) atoms. The molecule has 0 aromatic carbocycles. The monoisotopic (exact) mass is 414 g/mol. The molecule has 4 aliphatic rings. The minimum absolute atomic E-state index is 0.0368. The molecular weight excluding hydrogens is 380 g/mol. The number of fused-ring (bicyclic) bond motifs is 5. The average Bonchev–Trinajstić information content (AvgIpc) is 3.01. The highest BCUT2D eigenvalue weighted by molar-refractivity contribution is 5.37. The van der Waals surface area contributed by atoms with Crippen LogP contribution in [0.2, 0.25) is 0 Å². The molecular formula is C25H34O5. The Labute approximate surface area is 178 Å². The standard InChI is InChI=1S/C25H34O5/c1-23-10-8-18(29-15-26)12-17(23)5-6-20-19(23)9-11-24(2)21(14-30-25(20,24)3)16-4-7-22(27)28-13-16/h4,7,13,15,17-21H,5-6,8-12,14H2,1-3H3. The van der Waals surface area contributed by atoms with Gasteiger partial charge in [0.25, 0.3) is 6.47 Å². The van der Waals surface area contributed by atoms with Gasteiger partial charge >= 0.3 is 5.63 Å². The summed E-state index contributed by atoms with van der Waals surface area (Å²) in [7, 11) is 0. The summed E-state index contributed by atoms with van der Waals surface area (Å²) in [5.41, 5.74) is 0.966. The van der Waals surface area contributed by atoms with Crippen LogP contribution in [-0.4, -0.2) is 24.8 Å². The molecule has 0 spiro atoms. The molecule has 2 heterocycles. The van der Waals surface area contributed by atoms with Gasteiger partial charge in [-0.2, -0.15) is 0 Å². The highest BCUT2D eigenvalue weighted by Gasteiger charge is 2.67. The number of carbonyl (C=O) groups is 1. The minimum atomic E-state index is -0.297. The van der Waals surface area contributed by atoms with E-state index in [2.05, 4.69) is 20.8 Å². The van der Waals surface area contributed by atoms with Gasteiger partial charge in [0.15, 0.2) is 0 Å². The van der Waals surface area contributed by atoms with Crippen LogP contribution in [0.25, 0.3) is 0 Å². The third-order valence-electron chi connectivity index (χ3n) is 10.2. The fourth-order valence-corrected chi connectivity index (χ4v) is 8.14. The van der Waals surface area contributed by atoms with Crippen LogP contribution in [0.3, 0.4) is 0 Å². The lowest BCUT2D eigenvalue weighted by Gasteiger charge is -2.63. The lowest BCUT2D eigenvalue weighted by Crippen LogP contribution is -2.61. The number of ether oxygens (including phenoxy) is 2. The Kier molecular flexibility index (Phi) is 4.70. The Bertz CT molecular complexity index is 858. The molecule has 5 nitrogen and oxygen atoms in total. The molecule has 0 radical (unpaired) electrons. The second kappa shape index (κ2) is 6.94. The number of hydrogen-bond donors (Lipinski definition) is 0. The van der Waals surface area contributed by atoms with Gasteiger partial charge in [0, 0.05) is 17.4 Å². The predicted octanol–water partition coefficient (Wildman–Crippen LogP) is 4.69. The van der Waals surface area contributed by atoms with Gasteiger partial charge in [-0.05, 0) is 86.7 Å². The second-order valence-electron chi connectivity index (χ2n) is 10.9. The molecule has 5 rings (SSSR count). The third-order valence-corrected chi connectivity index (χ3v) is 10.2. The molecule has 3 saturated carbocycles. The van der Waals surface area contributed by atoms with Gasteiger partial charge in [0.05, 0.1) is 18.5 Å². The molecule has 0 N–H and O–H groups in total. The Morgan fingerprint density at radius 3 is 2.63 bits per heavy atom. The van der Waals surface area contributed by atoms with E-state index in [1.54, 1.807) is 6.26 Å². The van der Waals surface area contributed by atoms with Crippen molar-refractivity contribution in [1.82, 2.24) is 0 Å². The molecule has 1 aromatic heterocycles. The summed E-state index contributed by atoms with van der Waals surface area (Å²) in [6, 6.07) is 3.46. The van der Waals surface area contributed by atoms with Crippen LogP contribution in [0.15, 0.2) is 27.6 Å². The highest BCUT2D eigenvalue weighted by Crippen LogP contribution is 2.69. The van der Waals surface area contributed by atoms with Gasteiger partial charge in [-0.1, -0.05) is 13.8 Å².